The monoisotopic (exact) mass is 257 g/mol. The lowest BCUT2D eigenvalue weighted by atomic mass is 10.3. The van der Waals surface area contributed by atoms with Crippen LogP contribution in [0.25, 0.3) is 0 Å². The number of rotatable bonds is 7. The molecular weight excluding hydrogens is 238 g/mol. The molecule has 0 aliphatic heterocycles. The molecule has 0 bridgehead atoms. The third-order valence-electron chi connectivity index (χ3n) is 2.21. The summed E-state index contributed by atoms with van der Waals surface area (Å²) in [5.74, 6) is 0.769. The van der Waals surface area contributed by atoms with Gasteiger partial charge in [-0.15, -0.1) is 0 Å². The molecule has 96 valence electrons. The van der Waals surface area contributed by atoms with E-state index in [0.29, 0.717) is 17.7 Å². The molecule has 17 heavy (non-hydrogen) atoms. The highest BCUT2D eigenvalue weighted by molar-refractivity contribution is 6.30. The molecule has 0 saturated heterocycles. The second-order valence-corrected chi connectivity index (χ2v) is 4.65. The molecule has 0 saturated carbocycles. The van der Waals surface area contributed by atoms with E-state index in [1.54, 1.807) is 13.2 Å². The third-order valence-corrected chi connectivity index (χ3v) is 2.44. The van der Waals surface area contributed by atoms with Crippen LogP contribution in [-0.2, 0) is 4.74 Å². The summed E-state index contributed by atoms with van der Waals surface area (Å²) < 4.78 is 11.0. The average Bonchev–Trinajstić information content (AvgIpc) is 2.26. The first-order valence-corrected chi connectivity index (χ1v) is 6.14. The molecule has 3 nitrogen and oxygen atoms in total. The van der Waals surface area contributed by atoms with Crippen LogP contribution in [0.3, 0.4) is 0 Å². The van der Waals surface area contributed by atoms with E-state index in [2.05, 4.69) is 19.2 Å². The van der Waals surface area contributed by atoms with Crippen LogP contribution in [-0.4, -0.2) is 32.4 Å². The highest BCUT2D eigenvalue weighted by Gasteiger charge is 2.11. The van der Waals surface area contributed by atoms with Crippen molar-refractivity contribution < 1.29 is 9.47 Å². The van der Waals surface area contributed by atoms with Crippen molar-refractivity contribution >= 4 is 11.6 Å². The maximum Gasteiger partial charge on any atom is 0.134 e. The second-order valence-electron chi connectivity index (χ2n) is 4.22. The van der Waals surface area contributed by atoms with Crippen LogP contribution in [0.1, 0.15) is 13.8 Å². The van der Waals surface area contributed by atoms with Crippen molar-refractivity contribution in [3.63, 3.8) is 0 Å². The molecule has 0 spiro atoms. The molecule has 1 aromatic carbocycles. The molecule has 0 heterocycles. The van der Waals surface area contributed by atoms with Gasteiger partial charge in [-0.2, -0.15) is 0 Å². The van der Waals surface area contributed by atoms with E-state index >= 15 is 0 Å². The van der Waals surface area contributed by atoms with Crippen molar-refractivity contribution in [3.8, 4) is 5.75 Å². The van der Waals surface area contributed by atoms with Crippen LogP contribution in [0, 0.1) is 0 Å². The number of methoxy groups -OCH3 is 1. The van der Waals surface area contributed by atoms with Gasteiger partial charge in [0.05, 0.1) is 6.61 Å². The Bertz CT molecular complexity index is 331. The zero-order valence-electron chi connectivity index (χ0n) is 10.6. The first-order chi connectivity index (χ1) is 8.11. The fourth-order valence-corrected chi connectivity index (χ4v) is 1.60. The molecule has 1 unspecified atom stereocenters. The molecule has 0 amide bonds. The van der Waals surface area contributed by atoms with Crippen molar-refractivity contribution in [2.75, 3.05) is 20.3 Å². The zero-order valence-corrected chi connectivity index (χ0v) is 11.3. The Kier molecular flexibility index (Phi) is 6.34. The minimum Gasteiger partial charge on any atom is -0.487 e. The molecule has 0 aliphatic carbocycles. The minimum absolute atomic E-state index is 0.0131. The Morgan fingerprint density at radius 1 is 1.35 bits per heavy atom. The fourth-order valence-electron chi connectivity index (χ4n) is 1.42. The van der Waals surface area contributed by atoms with Crippen molar-refractivity contribution in [1.29, 1.82) is 0 Å². The van der Waals surface area contributed by atoms with Crippen LogP contribution >= 0.6 is 11.6 Å². The van der Waals surface area contributed by atoms with Crippen molar-refractivity contribution in [3.05, 3.63) is 29.3 Å². The molecule has 0 aliphatic rings. The molecule has 0 radical (unpaired) electrons. The molecule has 1 rings (SSSR count). The zero-order chi connectivity index (χ0) is 12.7. The number of hydrogen-bond donors (Lipinski definition) is 1. The Balaban J connectivity index is 2.53. The highest BCUT2D eigenvalue weighted by Crippen LogP contribution is 2.18. The molecular formula is C13H20ClNO2. The Morgan fingerprint density at radius 2 is 2.12 bits per heavy atom. The van der Waals surface area contributed by atoms with Gasteiger partial charge in [-0.1, -0.05) is 31.5 Å². The van der Waals surface area contributed by atoms with E-state index in [1.165, 1.54) is 0 Å². The quantitative estimate of drug-likeness (QED) is 0.815. The van der Waals surface area contributed by atoms with Gasteiger partial charge in [-0.25, -0.2) is 0 Å². The molecule has 4 heteroatoms. The maximum atomic E-state index is 5.91. The van der Waals surface area contributed by atoms with Gasteiger partial charge in [0.15, 0.2) is 0 Å². The Morgan fingerprint density at radius 3 is 2.71 bits per heavy atom. The largest absolute Gasteiger partial charge is 0.487 e. The van der Waals surface area contributed by atoms with Crippen LogP contribution in [0.5, 0.6) is 5.75 Å². The van der Waals surface area contributed by atoms with Crippen molar-refractivity contribution in [2.24, 2.45) is 0 Å². The first kappa shape index (κ1) is 14.3. The second kappa shape index (κ2) is 7.54. The van der Waals surface area contributed by atoms with Gasteiger partial charge in [-0.05, 0) is 18.2 Å². The van der Waals surface area contributed by atoms with Gasteiger partial charge in [0.2, 0.25) is 0 Å². The minimum atomic E-state index is -0.0131. The summed E-state index contributed by atoms with van der Waals surface area (Å²) in [6.45, 7) is 5.50. The van der Waals surface area contributed by atoms with Crippen molar-refractivity contribution in [2.45, 2.75) is 26.0 Å². The SMILES string of the molecule is COCC(CNC(C)C)Oc1cccc(Cl)c1. The fraction of sp³-hybridized carbons (Fsp3) is 0.538. The number of ether oxygens (including phenoxy) is 2. The Hall–Kier alpha value is -0.770. The lowest BCUT2D eigenvalue weighted by molar-refractivity contribution is 0.0794. The summed E-state index contributed by atoms with van der Waals surface area (Å²) in [5.41, 5.74) is 0. The third kappa shape index (κ3) is 5.91. The van der Waals surface area contributed by atoms with Gasteiger partial charge in [0.25, 0.3) is 0 Å². The van der Waals surface area contributed by atoms with E-state index in [4.69, 9.17) is 21.1 Å². The number of nitrogens with one attached hydrogen (secondary N) is 1. The van der Waals surface area contributed by atoms with E-state index in [1.807, 2.05) is 18.2 Å². The standard InChI is InChI=1S/C13H20ClNO2/c1-10(2)15-8-13(9-16-3)17-12-6-4-5-11(14)7-12/h4-7,10,13,15H,8-9H2,1-3H3. The van der Waals surface area contributed by atoms with E-state index in [0.717, 1.165) is 12.3 Å². The molecule has 1 atom stereocenters. The predicted octanol–water partition coefficient (Wildman–Crippen LogP) is 2.73. The van der Waals surface area contributed by atoms with Crippen LogP contribution < -0.4 is 10.1 Å². The van der Waals surface area contributed by atoms with Gasteiger partial charge in [0.1, 0.15) is 11.9 Å². The lowest BCUT2D eigenvalue weighted by Crippen LogP contribution is -2.37. The number of halogens is 1. The first-order valence-electron chi connectivity index (χ1n) is 5.76. The Labute approximate surface area is 108 Å². The van der Waals surface area contributed by atoms with Gasteiger partial charge < -0.3 is 14.8 Å². The highest BCUT2D eigenvalue weighted by atomic mass is 35.5. The lowest BCUT2D eigenvalue weighted by Gasteiger charge is -2.20. The smallest absolute Gasteiger partial charge is 0.134 e. The van der Waals surface area contributed by atoms with Crippen LogP contribution in [0.15, 0.2) is 24.3 Å². The summed E-state index contributed by atoms with van der Waals surface area (Å²) in [6, 6.07) is 7.82. The molecule has 1 aromatic rings. The molecule has 0 aromatic heterocycles. The normalized spacial score (nSPS) is 12.8. The van der Waals surface area contributed by atoms with E-state index in [9.17, 15) is 0 Å². The number of hydrogen-bond acceptors (Lipinski definition) is 3. The predicted molar refractivity (Wildman–Crippen MR) is 70.9 cm³/mol. The summed E-state index contributed by atoms with van der Waals surface area (Å²) in [6.07, 6.45) is -0.0131. The number of benzene rings is 1. The van der Waals surface area contributed by atoms with E-state index in [-0.39, 0.29) is 6.10 Å². The topological polar surface area (TPSA) is 30.5 Å². The summed E-state index contributed by atoms with van der Waals surface area (Å²) in [7, 11) is 1.67. The van der Waals surface area contributed by atoms with Crippen LogP contribution in [0.4, 0.5) is 0 Å². The van der Waals surface area contributed by atoms with Gasteiger partial charge in [0, 0.05) is 24.7 Å². The summed E-state index contributed by atoms with van der Waals surface area (Å²) >= 11 is 5.91. The van der Waals surface area contributed by atoms with Crippen molar-refractivity contribution in [1.82, 2.24) is 5.32 Å². The van der Waals surface area contributed by atoms with Crippen LogP contribution in [0.2, 0.25) is 5.02 Å². The molecule has 0 fully saturated rings. The van der Waals surface area contributed by atoms with Gasteiger partial charge in [-0.3, -0.25) is 0 Å². The summed E-state index contributed by atoms with van der Waals surface area (Å²) in [4.78, 5) is 0. The molecule has 1 N–H and O–H groups in total. The average molecular weight is 258 g/mol. The summed E-state index contributed by atoms with van der Waals surface area (Å²) in [5, 5.41) is 4.00. The maximum absolute atomic E-state index is 5.91. The van der Waals surface area contributed by atoms with E-state index < -0.39 is 0 Å². The van der Waals surface area contributed by atoms with Gasteiger partial charge >= 0.3 is 0 Å².